The second-order valence-electron chi connectivity index (χ2n) is 10.7. The molecular formula is C27H41N3O6. The third kappa shape index (κ3) is 9.17. The van der Waals surface area contributed by atoms with Gasteiger partial charge in [-0.2, -0.15) is 0 Å². The Morgan fingerprint density at radius 2 is 1.64 bits per heavy atom. The van der Waals surface area contributed by atoms with Crippen LogP contribution in [0.4, 0.5) is 4.79 Å². The normalized spacial score (nSPS) is 20.4. The van der Waals surface area contributed by atoms with E-state index in [1.54, 1.807) is 51.1 Å². The van der Waals surface area contributed by atoms with Gasteiger partial charge in [-0.05, 0) is 63.9 Å². The Labute approximate surface area is 213 Å². The molecule has 1 aromatic carbocycles. The van der Waals surface area contributed by atoms with Crippen LogP contribution in [0.25, 0.3) is 0 Å². The molecule has 9 heteroatoms. The van der Waals surface area contributed by atoms with Crippen LogP contribution >= 0.6 is 0 Å². The number of alkyl carbamates (subject to hydrolysis) is 1. The maximum Gasteiger partial charge on any atom is 0.408 e. The van der Waals surface area contributed by atoms with Crippen LogP contribution in [0.5, 0.6) is 0 Å². The van der Waals surface area contributed by atoms with E-state index in [1.807, 2.05) is 13.8 Å². The minimum absolute atomic E-state index is 0.0660. The molecule has 2 rings (SSSR count). The van der Waals surface area contributed by atoms with Crippen molar-refractivity contribution in [2.75, 3.05) is 6.54 Å². The molecule has 0 radical (unpaired) electrons. The smallest absolute Gasteiger partial charge is 0.408 e. The van der Waals surface area contributed by atoms with Crippen LogP contribution in [-0.2, 0) is 19.1 Å². The average Bonchev–Trinajstić information content (AvgIpc) is 2.83. The molecule has 1 fully saturated rings. The van der Waals surface area contributed by atoms with E-state index in [-0.39, 0.29) is 29.6 Å². The molecule has 0 spiro atoms. The predicted octanol–water partition coefficient (Wildman–Crippen LogP) is 3.79. The molecule has 200 valence electrons. The zero-order valence-electron chi connectivity index (χ0n) is 22.0. The van der Waals surface area contributed by atoms with Crippen molar-refractivity contribution >= 4 is 23.9 Å². The van der Waals surface area contributed by atoms with Crippen molar-refractivity contribution < 1.29 is 29.0 Å². The van der Waals surface area contributed by atoms with Gasteiger partial charge in [0.2, 0.25) is 11.8 Å². The standard InChI is InChI=1S/C27H41N3O6/c1-6-17(2)21(30-26(35)36-27(3,4)5)24(32)28-16-18-12-14-20(15-13-18)23(31)29-22(25(33)34)19-10-8-7-9-11-19/h7-11,17-18,20-22H,6,12-16H2,1-5H3,(H,28,32)(H,29,31)(H,30,35)(H,33,34)/t17-,18?,20?,21-,22+/m0/s1. The fourth-order valence-corrected chi connectivity index (χ4v) is 4.31. The summed E-state index contributed by atoms with van der Waals surface area (Å²) in [6, 6.07) is 6.87. The molecular weight excluding hydrogens is 462 g/mol. The highest BCUT2D eigenvalue weighted by Crippen LogP contribution is 2.29. The van der Waals surface area contributed by atoms with Gasteiger partial charge in [0.05, 0.1) is 0 Å². The monoisotopic (exact) mass is 503 g/mol. The molecule has 36 heavy (non-hydrogen) atoms. The van der Waals surface area contributed by atoms with Crippen molar-refractivity contribution in [3.63, 3.8) is 0 Å². The van der Waals surface area contributed by atoms with Crippen LogP contribution in [0.1, 0.15) is 78.3 Å². The summed E-state index contributed by atoms with van der Waals surface area (Å²) in [5, 5.41) is 17.9. The van der Waals surface area contributed by atoms with Gasteiger partial charge in [0, 0.05) is 12.5 Å². The summed E-state index contributed by atoms with van der Waals surface area (Å²) in [4.78, 5) is 49.6. The summed E-state index contributed by atoms with van der Waals surface area (Å²) >= 11 is 0. The van der Waals surface area contributed by atoms with E-state index in [2.05, 4.69) is 16.0 Å². The van der Waals surface area contributed by atoms with Gasteiger partial charge >= 0.3 is 12.1 Å². The Balaban J connectivity index is 1.85. The lowest BCUT2D eigenvalue weighted by molar-refractivity contribution is -0.143. The first kappa shape index (κ1) is 29.1. The van der Waals surface area contributed by atoms with Gasteiger partial charge in [-0.15, -0.1) is 0 Å². The van der Waals surface area contributed by atoms with E-state index >= 15 is 0 Å². The minimum Gasteiger partial charge on any atom is -0.479 e. The van der Waals surface area contributed by atoms with E-state index in [4.69, 9.17) is 4.74 Å². The highest BCUT2D eigenvalue weighted by atomic mass is 16.6. The van der Waals surface area contributed by atoms with Gasteiger partial charge in [-0.3, -0.25) is 9.59 Å². The van der Waals surface area contributed by atoms with Crippen LogP contribution < -0.4 is 16.0 Å². The average molecular weight is 504 g/mol. The van der Waals surface area contributed by atoms with Gasteiger partial charge < -0.3 is 25.8 Å². The Bertz CT molecular complexity index is 891. The number of aliphatic carboxylic acids is 1. The molecule has 0 bridgehead atoms. The zero-order valence-corrected chi connectivity index (χ0v) is 22.0. The summed E-state index contributed by atoms with van der Waals surface area (Å²) in [7, 11) is 0. The molecule has 0 aromatic heterocycles. The molecule has 0 saturated heterocycles. The fourth-order valence-electron chi connectivity index (χ4n) is 4.31. The summed E-state index contributed by atoms with van der Waals surface area (Å²) in [6.45, 7) is 9.63. The molecule has 0 heterocycles. The van der Waals surface area contributed by atoms with Crippen molar-refractivity contribution in [2.45, 2.75) is 84.4 Å². The fraction of sp³-hybridized carbons (Fsp3) is 0.630. The first-order valence-electron chi connectivity index (χ1n) is 12.8. The number of hydrogen-bond acceptors (Lipinski definition) is 5. The summed E-state index contributed by atoms with van der Waals surface area (Å²) in [6.07, 6.45) is 2.83. The molecule has 0 aliphatic heterocycles. The van der Waals surface area contributed by atoms with Crippen molar-refractivity contribution in [3.8, 4) is 0 Å². The van der Waals surface area contributed by atoms with E-state index in [0.717, 1.165) is 12.8 Å². The molecule has 1 aliphatic carbocycles. The molecule has 0 unspecified atom stereocenters. The predicted molar refractivity (Wildman–Crippen MR) is 136 cm³/mol. The van der Waals surface area contributed by atoms with Crippen molar-refractivity contribution in [1.82, 2.24) is 16.0 Å². The Morgan fingerprint density at radius 1 is 1.03 bits per heavy atom. The van der Waals surface area contributed by atoms with E-state index in [0.29, 0.717) is 31.4 Å². The maximum atomic E-state index is 12.9. The highest BCUT2D eigenvalue weighted by Gasteiger charge is 2.32. The molecule has 1 saturated carbocycles. The van der Waals surface area contributed by atoms with Crippen molar-refractivity contribution in [1.29, 1.82) is 0 Å². The number of hydrogen-bond donors (Lipinski definition) is 4. The molecule has 1 aliphatic rings. The van der Waals surface area contributed by atoms with E-state index in [1.165, 1.54) is 0 Å². The van der Waals surface area contributed by atoms with Crippen LogP contribution in [0, 0.1) is 17.8 Å². The number of ether oxygens (including phenoxy) is 1. The van der Waals surface area contributed by atoms with Gasteiger partial charge in [0.15, 0.2) is 6.04 Å². The Kier molecular flexibility index (Phi) is 10.7. The van der Waals surface area contributed by atoms with Crippen LogP contribution in [0.3, 0.4) is 0 Å². The maximum absolute atomic E-state index is 12.9. The number of nitrogens with one attached hydrogen (secondary N) is 3. The van der Waals surface area contributed by atoms with E-state index in [9.17, 15) is 24.3 Å². The topological polar surface area (TPSA) is 134 Å². The number of carbonyl (C=O) groups is 4. The number of carboxylic acids is 1. The van der Waals surface area contributed by atoms with Gasteiger partial charge in [0.25, 0.3) is 0 Å². The number of carboxylic acid groups (broad SMARTS) is 1. The number of rotatable bonds is 10. The number of amides is 3. The molecule has 4 N–H and O–H groups in total. The molecule has 1 aromatic rings. The zero-order chi connectivity index (χ0) is 26.9. The van der Waals surface area contributed by atoms with E-state index < -0.39 is 29.7 Å². The summed E-state index contributed by atoms with van der Waals surface area (Å²) < 4.78 is 5.31. The molecule has 3 amide bonds. The van der Waals surface area contributed by atoms with Crippen LogP contribution in [0.15, 0.2) is 30.3 Å². The SMILES string of the molecule is CC[C@H](C)[C@H](NC(=O)OC(C)(C)C)C(=O)NCC1CCC(C(=O)N[C@@H](C(=O)O)c2ccccc2)CC1. The first-order valence-corrected chi connectivity index (χ1v) is 12.8. The lowest BCUT2D eigenvalue weighted by atomic mass is 9.81. The third-order valence-electron chi connectivity index (χ3n) is 6.62. The number of benzene rings is 1. The quantitative estimate of drug-likeness (QED) is 0.384. The van der Waals surface area contributed by atoms with Gasteiger partial charge in [-0.25, -0.2) is 9.59 Å². The van der Waals surface area contributed by atoms with Crippen molar-refractivity contribution in [3.05, 3.63) is 35.9 Å². The lowest BCUT2D eigenvalue weighted by Crippen LogP contribution is -2.52. The lowest BCUT2D eigenvalue weighted by Gasteiger charge is -2.30. The number of carbonyl (C=O) groups excluding carboxylic acids is 3. The second-order valence-corrected chi connectivity index (χ2v) is 10.7. The summed E-state index contributed by atoms with van der Waals surface area (Å²) in [5.74, 6) is -1.72. The van der Waals surface area contributed by atoms with Gasteiger partial charge in [-0.1, -0.05) is 50.6 Å². The first-order chi connectivity index (χ1) is 16.9. The molecule has 9 nitrogen and oxygen atoms in total. The minimum atomic E-state index is -1.10. The van der Waals surface area contributed by atoms with Gasteiger partial charge in [0.1, 0.15) is 11.6 Å². The van der Waals surface area contributed by atoms with Crippen molar-refractivity contribution in [2.24, 2.45) is 17.8 Å². The highest BCUT2D eigenvalue weighted by molar-refractivity contribution is 5.86. The third-order valence-corrected chi connectivity index (χ3v) is 6.62. The summed E-state index contributed by atoms with van der Waals surface area (Å²) in [5.41, 5.74) is -0.123. The largest absolute Gasteiger partial charge is 0.479 e. The van der Waals surface area contributed by atoms with Crippen LogP contribution in [-0.4, -0.2) is 47.2 Å². The Hall–Kier alpha value is -3.10. The van der Waals surface area contributed by atoms with Crippen LogP contribution in [0.2, 0.25) is 0 Å². The Morgan fingerprint density at radius 3 is 2.17 bits per heavy atom. The molecule has 3 atom stereocenters. The second kappa shape index (κ2) is 13.3.